The summed E-state index contributed by atoms with van der Waals surface area (Å²) in [6.07, 6.45) is 4.35. The van der Waals surface area contributed by atoms with Gasteiger partial charge in [-0.3, -0.25) is 9.59 Å². The van der Waals surface area contributed by atoms with Crippen LogP contribution in [0.25, 0.3) is 0 Å². The smallest absolute Gasteiger partial charge is 0.174 e. The summed E-state index contributed by atoms with van der Waals surface area (Å²) in [7, 11) is 1.69. The van der Waals surface area contributed by atoms with Crippen LogP contribution in [0.4, 0.5) is 0 Å². The molecule has 0 fully saturated rings. The molecule has 0 amide bonds. The van der Waals surface area contributed by atoms with Crippen molar-refractivity contribution in [3.63, 3.8) is 0 Å². The number of ketones is 2. The van der Waals surface area contributed by atoms with Crippen molar-refractivity contribution in [1.29, 1.82) is 0 Å². The van der Waals surface area contributed by atoms with Crippen LogP contribution < -0.4 is 9.47 Å². The number of benzene rings is 2. The molecule has 0 aromatic heterocycles. The lowest BCUT2D eigenvalue weighted by atomic mass is 9.71. The van der Waals surface area contributed by atoms with Gasteiger partial charge in [0.25, 0.3) is 0 Å². The summed E-state index contributed by atoms with van der Waals surface area (Å²) in [4.78, 5) is 29.3. The molecule has 0 spiro atoms. The molecule has 0 saturated carbocycles. The van der Waals surface area contributed by atoms with Gasteiger partial charge >= 0.3 is 0 Å². The molecule has 0 bridgehead atoms. The number of hydrogen-bond donors (Lipinski definition) is 0. The second-order valence-corrected chi connectivity index (χ2v) is 11.6. The highest BCUT2D eigenvalue weighted by Gasteiger charge is 2.43. The average molecular weight is 642 g/mol. The quantitative estimate of drug-likeness (QED) is 0.287. The third kappa shape index (κ3) is 5.66. The van der Waals surface area contributed by atoms with Gasteiger partial charge in [-0.15, -0.1) is 0 Å². The van der Waals surface area contributed by atoms with Gasteiger partial charge < -0.3 is 19.1 Å². The van der Waals surface area contributed by atoms with Gasteiger partial charge in [-0.25, -0.2) is 0 Å². The van der Waals surface area contributed by atoms with Crippen molar-refractivity contribution in [2.75, 3.05) is 26.9 Å². The fourth-order valence-electron chi connectivity index (χ4n) is 6.00. The number of carbonyl (C=O) groups excluding carboxylic acids is 2. The number of aryl methyl sites for hydroxylation is 1. The van der Waals surface area contributed by atoms with Gasteiger partial charge in [0, 0.05) is 55.0 Å². The number of allylic oxidation sites excluding steroid dienone is 4. The van der Waals surface area contributed by atoms with E-state index in [1.165, 1.54) is 5.56 Å². The topological polar surface area (TPSA) is 65.1 Å². The van der Waals surface area contributed by atoms with E-state index in [1.54, 1.807) is 7.11 Å². The summed E-state index contributed by atoms with van der Waals surface area (Å²) in [6.45, 7) is 6.12. The summed E-state index contributed by atoms with van der Waals surface area (Å²) in [5.74, 6) is 1.23. The fraction of sp³-hybridized carbons (Fsp3) is 0.438. The van der Waals surface area contributed by atoms with E-state index in [2.05, 4.69) is 64.7 Å². The highest BCUT2D eigenvalue weighted by atomic mass is 127. The molecule has 0 atom stereocenters. The predicted molar refractivity (Wildman–Crippen MR) is 159 cm³/mol. The Kier molecular flexibility index (Phi) is 8.76. The Balaban J connectivity index is 1.60. The normalized spacial score (nSPS) is 17.9. The standard InChI is InChI=1S/C32H36INO5/c1-4-38-28-18-22(17-23(33)32(28)39-19-21-13-11-20(2)12-14-21)29-30-24(7-5-9-26(30)35)34(15-16-37-3)25-8-6-10-27(36)31(25)29/h11-14,17-18,29H,4-10,15-16,19H2,1-3H3. The van der Waals surface area contributed by atoms with E-state index in [0.29, 0.717) is 50.7 Å². The Morgan fingerprint density at radius 2 is 1.56 bits per heavy atom. The Hall–Kier alpha value is -2.65. The third-order valence-corrected chi connectivity index (χ3v) is 8.58. The average Bonchev–Trinajstić information content (AvgIpc) is 2.92. The zero-order valence-corrected chi connectivity index (χ0v) is 25.1. The monoisotopic (exact) mass is 641 g/mol. The zero-order valence-electron chi connectivity index (χ0n) is 23.0. The van der Waals surface area contributed by atoms with Gasteiger partial charge in [-0.1, -0.05) is 29.8 Å². The van der Waals surface area contributed by atoms with E-state index in [-0.39, 0.29) is 17.5 Å². The van der Waals surface area contributed by atoms with Crippen molar-refractivity contribution >= 4 is 34.2 Å². The Morgan fingerprint density at radius 3 is 2.15 bits per heavy atom. The molecule has 2 aromatic rings. The number of nitrogens with zero attached hydrogens (tertiary/aromatic N) is 1. The minimum atomic E-state index is -0.381. The van der Waals surface area contributed by atoms with Crippen molar-refractivity contribution in [3.05, 3.63) is 79.2 Å². The van der Waals surface area contributed by atoms with E-state index < -0.39 is 0 Å². The Morgan fingerprint density at radius 1 is 0.923 bits per heavy atom. The van der Waals surface area contributed by atoms with Gasteiger partial charge in [0.15, 0.2) is 23.1 Å². The molecular weight excluding hydrogens is 605 g/mol. The zero-order chi connectivity index (χ0) is 27.5. The first-order chi connectivity index (χ1) is 18.9. The summed E-state index contributed by atoms with van der Waals surface area (Å²) < 4.78 is 18.7. The molecule has 3 aliphatic rings. The lowest BCUT2D eigenvalue weighted by Crippen LogP contribution is -2.40. The fourth-order valence-corrected chi connectivity index (χ4v) is 6.78. The third-order valence-electron chi connectivity index (χ3n) is 7.77. The first kappa shape index (κ1) is 27.9. The summed E-state index contributed by atoms with van der Waals surface area (Å²) in [6, 6.07) is 12.4. The lowest BCUT2D eigenvalue weighted by Gasteiger charge is -2.44. The number of rotatable bonds is 9. The summed E-state index contributed by atoms with van der Waals surface area (Å²) >= 11 is 2.29. The predicted octanol–water partition coefficient (Wildman–Crippen LogP) is 6.64. The molecule has 0 radical (unpaired) electrons. The summed E-state index contributed by atoms with van der Waals surface area (Å²) in [5.41, 5.74) is 6.89. The molecule has 5 rings (SSSR count). The molecule has 1 heterocycles. The maximum atomic E-state index is 13.6. The molecule has 7 heteroatoms. The molecule has 0 N–H and O–H groups in total. The summed E-state index contributed by atoms with van der Waals surface area (Å²) in [5, 5.41) is 0. The van der Waals surface area contributed by atoms with E-state index in [9.17, 15) is 9.59 Å². The van der Waals surface area contributed by atoms with Gasteiger partial charge in [0.05, 0.1) is 16.8 Å². The number of carbonyl (C=O) groups is 2. The van der Waals surface area contributed by atoms with Gasteiger partial charge in [-0.05, 0) is 85.4 Å². The number of ether oxygens (including phenoxy) is 3. The van der Waals surface area contributed by atoms with Crippen LogP contribution in [0.1, 0.15) is 68.1 Å². The van der Waals surface area contributed by atoms with Gasteiger partial charge in [0.2, 0.25) is 0 Å². The van der Waals surface area contributed by atoms with Crippen LogP contribution in [0, 0.1) is 10.5 Å². The molecule has 1 aliphatic heterocycles. The second kappa shape index (κ2) is 12.3. The Labute approximate surface area is 244 Å². The van der Waals surface area contributed by atoms with Crippen LogP contribution >= 0.6 is 22.6 Å². The van der Waals surface area contributed by atoms with Gasteiger partial charge in [-0.2, -0.15) is 0 Å². The second-order valence-electron chi connectivity index (χ2n) is 10.4. The number of hydrogen-bond acceptors (Lipinski definition) is 6. The minimum Gasteiger partial charge on any atom is -0.490 e. The first-order valence-corrected chi connectivity index (χ1v) is 14.9. The molecule has 206 valence electrons. The van der Waals surface area contributed by atoms with E-state index in [0.717, 1.165) is 62.9 Å². The molecule has 2 aromatic carbocycles. The van der Waals surface area contributed by atoms with Crippen LogP contribution in [0.5, 0.6) is 11.5 Å². The SMILES string of the molecule is CCOc1cc(C2C3=C(CCCC3=O)N(CCOC)C3=C2C(=O)CCC3)cc(I)c1OCc1ccc(C)cc1. The van der Waals surface area contributed by atoms with Crippen molar-refractivity contribution in [2.45, 2.75) is 64.9 Å². The van der Waals surface area contributed by atoms with Crippen molar-refractivity contribution in [3.8, 4) is 11.5 Å². The largest absolute Gasteiger partial charge is 0.490 e. The van der Waals surface area contributed by atoms with Gasteiger partial charge in [0.1, 0.15) is 6.61 Å². The van der Waals surface area contributed by atoms with Crippen LogP contribution in [0.3, 0.4) is 0 Å². The molecule has 6 nitrogen and oxygen atoms in total. The van der Waals surface area contributed by atoms with Crippen molar-refractivity contribution in [1.82, 2.24) is 4.90 Å². The van der Waals surface area contributed by atoms with Crippen molar-refractivity contribution in [2.24, 2.45) is 0 Å². The van der Waals surface area contributed by atoms with Crippen molar-refractivity contribution < 1.29 is 23.8 Å². The number of methoxy groups -OCH3 is 1. The van der Waals surface area contributed by atoms with Crippen LogP contribution in [-0.2, 0) is 20.9 Å². The molecule has 2 aliphatic carbocycles. The molecule has 0 saturated heterocycles. The molecule has 39 heavy (non-hydrogen) atoms. The molecular formula is C32H36INO5. The molecule has 0 unspecified atom stereocenters. The van der Waals surface area contributed by atoms with Crippen LogP contribution in [0.2, 0.25) is 0 Å². The minimum absolute atomic E-state index is 0.140. The Bertz CT molecular complexity index is 1280. The maximum Gasteiger partial charge on any atom is 0.174 e. The highest BCUT2D eigenvalue weighted by Crippen LogP contribution is 2.50. The lowest BCUT2D eigenvalue weighted by molar-refractivity contribution is -0.117. The highest BCUT2D eigenvalue weighted by molar-refractivity contribution is 14.1. The van der Waals surface area contributed by atoms with E-state index in [1.807, 2.05) is 13.0 Å². The first-order valence-electron chi connectivity index (χ1n) is 13.9. The van der Waals surface area contributed by atoms with E-state index >= 15 is 0 Å². The van der Waals surface area contributed by atoms with Crippen LogP contribution in [-0.4, -0.2) is 43.3 Å². The van der Waals surface area contributed by atoms with Crippen LogP contribution in [0.15, 0.2) is 58.9 Å². The van der Waals surface area contributed by atoms with E-state index in [4.69, 9.17) is 14.2 Å². The number of Topliss-reactive ketones (excluding diaryl/α,β-unsaturated/α-hetero) is 2. The maximum absolute atomic E-state index is 13.6. The number of halogens is 1.